The minimum atomic E-state index is -1.01. The number of amides is 3. The lowest BCUT2D eigenvalue weighted by Crippen LogP contribution is -2.54. The van der Waals surface area contributed by atoms with Crippen molar-refractivity contribution >= 4 is 17.9 Å². The smallest absolute Gasteiger partial charge is 0.408 e. The summed E-state index contributed by atoms with van der Waals surface area (Å²) in [4.78, 5) is 41.2. The van der Waals surface area contributed by atoms with E-state index in [2.05, 4.69) is 10.6 Å². The largest absolute Gasteiger partial charge is 0.508 e. The molecule has 0 spiro atoms. The Hall–Kier alpha value is -3.55. The first-order valence-corrected chi connectivity index (χ1v) is 12.0. The van der Waals surface area contributed by atoms with E-state index in [1.807, 2.05) is 45.9 Å². The van der Waals surface area contributed by atoms with E-state index in [1.165, 1.54) is 17.0 Å². The Labute approximate surface area is 214 Å². The summed E-state index contributed by atoms with van der Waals surface area (Å²) in [5.41, 5.74) is 1.08. The van der Waals surface area contributed by atoms with Gasteiger partial charge in [0.1, 0.15) is 23.4 Å². The van der Waals surface area contributed by atoms with Crippen molar-refractivity contribution in [1.29, 1.82) is 0 Å². The Bertz CT molecular complexity index is 1070. The van der Waals surface area contributed by atoms with E-state index in [0.717, 1.165) is 11.1 Å². The number of likely N-dealkylation sites (N-methyl/N-ethyl adjacent to an activating group) is 1. The van der Waals surface area contributed by atoms with E-state index < -0.39 is 35.2 Å². The van der Waals surface area contributed by atoms with Crippen LogP contribution in [-0.2, 0) is 20.7 Å². The molecule has 0 aliphatic carbocycles. The number of carbonyl (C=O) groups is 3. The molecule has 3 N–H and O–H groups in total. The summed E-state index contributed by atoms with van der Waals surface area (Å²) < 4.78 is 5.39. The topological polar surface area (TPSA) is 108 Å². The van der Waals surface area contributed by atoms with Crippen LogP contribution in [0.1, 0.15) is 64.3 Å². The number of carbonyl (C=O) groups excluding carboxylic acids is 3. The number of aryl methyl sites for hydroxylation is 1. The van der Waals surface area contributed by atoms with E-state index in [9.17, 15) is 19.5 Å². The first kappa shape index (κ1) is 28.7. The highest BCUT2D eigenvalue weighted by molar-refractivity contribution is 5.92. The molecule has 0 bridgehead atoms. The number of phenolic OH excluding ortho intramolecular Hbond substituents is 1. The number of ether oxygens (including phenoxy) is 1. The number of nitrogens with one attached hydrogen (secondary N) is 2. The minimum absolute atomic E-state index is 0.0946. The SMILES string of the molecule is Cc1cccc(C(C(=O)NC(C)(C)C)N(C)C(=O)C(Cc2ccc(O)cc2)NC(=O)OC(C)(C)C)c1. The highest BCUT2D eigenvalue weighted by Gasteiger charge is 2.35. The molecule has 0 saturated heterocycles. The molecular weight excluding hydrogens is 458 g/mol. The number of rotatable bonds is 7. The average molecular weight is 498 g/mol. The molecule has 0 saturated carbocycles. The number of nitrogens with zero attached hydrogens (tertiary/aromatic N) is 1. The van der Waals surface area contributed by atoms with Crippen molar-refractivity contribution in [1.82, 2.24) is 15.5 Å². The van der Waals surface area contributed by atoms with Gasteiger partial charge in [-0.05, 0) is 71.7 Å². The third kappa shape index (κ3) is 8.91. The van der Waals surface area contributed by atoms with Gasteiger partial charge >= 0.3 is 6.09 Å². The predicted molar refractivity (Wildman–Crippen MR) is 140 cm³/mol. The van der Waals surface area contributed by atoms with Crippen molar-refractivity contribution in [3.8, 4) is 5.75 Å². The normalized spacial score (nSPS) is 13.3. The number of phenols is 1. The fourth-order valence-electron chi connectivity index (χ4n) is 3.72. The Morgan fingerprint density at radius 3 is 2.14 bits per heavy atom. The zero-order valence-corrected chi connectivity index (χ0v) is 22.5. The van der Waals surface area contributed by atoms with Crippen molar-refractivity contribution in [2.45, 2.75) is 78.1 Å². The third-order valence-corrected chi connectivity index (χ3v) is 5.20. The summed E-state index contributed by atoms with van der Waals surface area (Å²) in [7, 11) is 1.55. The lowest BCUT2D eigenvalue weighted by molar-refractivity contribution is -0.141. The van der Waals surface area contributed by atoms with Gasteiger partial charge < -0.3 is 25.4 Å². The first-order chi connectivity index (χ1) is 16.6. The average Bonchev–Trinajstić information content (AvgIpc) is 2.71. The Morgan fingerprint density at radius 2 is 1.61 bits per heavy atom. The van der Waals surface area contributed by atoms with Gasteiger partial charge in [-0.2, -0.15) is 0 Å². The highest BCUT2D eigenvalue weighted by atomic mass is 16.6. The molecule has 36 heavy (non-hydrogen) atoms. The van der Waals surface area contributed by atoms with Crippen molar-refractivity contribution in [3.63, 3.8) is 0 Å². The van der Waals surface area contributed by atoms with E-state index in [1.54, 1.807) is 46.0 Å². The molecule has 2 rings (SSSR count). The zero-order valence-electron chi connectivity index (χ0n) is 22.5. The van der Waals surface area contributed by atoms with Crippen LogP contribution in [0.25, 0.3) is 0 Å². The summed E-state index contributed by atoms with van der Waals surface area (Å²) in [6.45, 7) is 12.7. The number of alkyl carbamates (subject to hydrolysis) is 1. The summed E-state index contributed by atoms with van der Waals surface area (Å²) in [6, 6.07) is 11.9. The molecule has 0 heterocycles. The summed E-state index contributed by atoms with van der Waals surface area (Å²) in [5, 5.41) is 15.3. The number of hydrogen-bond acceptors (Lipinski definition) is 5. The van der Waals surface area contributed by atoms with Crippen molar-refractivity contribution in [2.75, 3.05) is 7.05 Å². The molecule has 0 aliphatic heterocycles. The number of benzene rings is 2. The van der Waals surface area contributed by atoms with Gasteiger partial charge in [-0.15, -0.1) is 0 Å². The standard InChI is InChI=1S/C28H39N3O5/c1-18-10-9-11-20(16-18)23(24(33)30-27(2,3)4)31(8)25(34)22(29-26(35)36-28(5,6)7)17-19-12-14-21(32)15-13-19/h9-16,22-23,32H,17H2,1-8H3,(H,29,35)(H,30,33). The van der Waals surface area contributed by atoms with Crippen molar-refractivity contribution in [2.24, 2.45) is 0 Å². The highest BCUT2D eigenvalue weighted by Crippen LogP contribution is 2.24. The van der Waals surface area contributed by atoms with E-state index in [0.29, 0.717) is 5.56 Å². The van der Waals surface area contributed by atoms with Crippen LogP contribution in [-0.4, -0.2) is 52.1 Å². The zero-order chi connectivity index (χ0) is 27.3. The monoisotopic (exact) mass is 497 g/mol. The maximum Gasteiger partial charge on any atom is 0.408 e. The lowest BCUT2D eigenvalue weighted by atomic mass is 9.98. The maximum atomic E-state index is 13.8. The second-order valence-electron chi connectivity index (χ2n) is 11.1. The van der Waals surface area contributed by atoms with Gasteiger partial charge in [-0.25, -0.2) is 4.79 Å². The third-order valence-electron chi connectivity index (χ3n) is 5.20. The van der Waals surface area contributed by atoms with Crippen LogP contribution in [0.15, 0.2) is 48.5 Å². The van der Waals surface area contributed by atoms with Gasteiger partial charge in [-0.1, -0.05) is 42.0 Å². The number of hydrogen-bond donors (Lipinski definition) is 3. The first-order valence-electron chi connectivity index (χ1n) is 12.0. The molecule has 2 unspecified atom stereocenters. The fourth-order valence-corrected chi connectivity index (χ4v) is 3.72. The van der Waals surface area contributed by atoms with Crippen LogP contribution in [0.3, 0.4) is 0 Å². The Kier molecular flexibility index (Phi) is 9.13. The van der Waals surface area contributed by atoms with Gasteiger partial charge in [0.2, 0.25) is 11.8 Å². The fraction of sp³-hybridized carbons (Fsp3) is 0.464. The molecule has 2 atom stereocenters. The molecule has 3 amide bonds. The van der Waals surface area contributed by atoms with Crippen molar-refractivity contribution < 1.29 is 24.2 Å². The molecule has 0 radical (unpaired) electrons. The molecular formula is C28H39N3O5. The summed E-state index contributed by atoms with van der Waals surface area (Å²) >= 11 is 0. The van der Waals surface area contributed by atoms with Crippen molar-refractivity contribution in [3.05, 3.63) is 65.2 Å². The van der Waals surface area contributed by atoms with Crippen LogP contribution < -0.4 is 10.6 Å². The molecule has 2 aromatic rings. The molecule has 0 aliphatic rings. The molecule has 8 nitrogen and oxygen atoms in total. The van der Waals surface area contributed by atoms with Crippen LogP contribution in [0.5, 0.6) is 5.75 Å². The molecule has 0 fully saturated rings. The Morgan fingerprint density at radius 1 is 1.00 bits per heavy atom. The second-order valence-corrected chi connectivity index (χ2v) is 11.1. The molecule has 0 aromatic heterocycles. The van der Waals surface area contributed by atoms with Gasteiger partial charge in [0.05, 0.1) is 0 Å². The maximum absolute atomic E-state index is 13.8. The van der Waals surface area contributed by atoms with Gasteiger partial charge in [0, 0.05) is 19.0 Å². The van der Waals surface area contributed by atoms with Gasteiger partial charge in [0.15, 0.2) is 0 Å². The molecule has 196 valence electrons. The predicted octanol–water partition coefficient (Wildman–Crippen LogP) is 4.25. The van der Waals surface area contributed by atoms with Gasteiger partial charge in [-0.3, -0.25) is 9.59 Å². The molecule has 2 aromatic carbocycles. The number of aromatic hydroxyl groups is 1. The van der Waals surface area contributed by atoms with Crippen LogP contribution in [0.2, 0.25) is 0 Å². The quantitative estimate of drug-likeness (QED) is 0.530. The van der Waals surface area contributed by atoms with E-state index in [4.69, 9.17) is 4.74 Å². The minimum Gasteiger partial charge on any atom is -0.508 e. The summed E-state index contributed by atoms with van der Waals surface area (Å²) in [5.74, 6) is -0.689. The van der Waals surface area contributed by atoms with Crippen LogP contribution in [0.4, 0.5) is 4.79 Å². The summed E-state index contributed by atoms with van der Waals surface area (Å²) in [6.07, 6.45) is -0.594. The Balaban J connectivity index is 2.43. The second kappa shape index (κ2) is 11.5. The van der Waals surface area contributed by atoms with E-state index >= 15 is 0 Å². The van der Waals surface area contributed by atoms with Crippen LogP contribution >= 0.6 is 0 Å². The molecule has 8 heteroatoms. The van der Waals surface area contributed by atoms with E-state index in [-0.39, 0.29) is 18.1 Å². The van der Waals surface area contributed by atoms with Crippen LogP contribution in [0, 0.1) is 6.92 Å². The lowest BCUT2D eigenvalue weighted by Gasteiger charge is -2.33. The van der Waals surface area contributed by atoms with Gasteiger partial charge in [0.25, 0.3) is 0 Å².